The Kier molecular flexibility index (Phi) is 6.89. The third-order valence-corrected chi connectivity index (χ3v) is 2.37. The van der Waals surface area contributed by atoms with Crippen LogP contribution in [0.15, 0.2) is 0 Å². The Balaban J connectivity index is 0.00000196. The molecule has 0 radical (unpaired) electrons. The van der Waals surface area contributed by atoms with Gasteiger partial charge in [0.2, 0.25) is 5.91 Å². The van der Waals surface area contributed by atoms with Crippen molar-refractivity contribution in [3.63, 3.8) is 0 Å². The number of carbonyl (C=O) groups is 1. The molecule has 0 saturated carbocycles. The van der Waals surface area contributed by atoms with Crippen LogP contribution in [0.25, 0.3) is 0 Å². The Morgan fingerprint density at radius 2 is 1.93 bits per heavy atom. The van der Waals surface area contributed by atoms with Crippen molar-refractivity contribution in [2.45, 2.75) is 26.3 Å². The van der Waals surface area contributed by atoms with Crippen LogP contribution in [0.1, 0.15) is 20.3 Å². The zero-order valence-corrected chi connectivity index (χ0v) is 10.3. The van der Waals surface area contributed by atoms with Gasteiger partial charge in [-0.15, -0.1) is 12.4 Å². The third kappa shape index (κ3) is 4.82. The van der Waals surface area contributed by atoms with Gasteiger partial charge >= 0.3 is 0 Å². The van der Waals surface area contributed by atoms with Gasteiger partial charge in [-0.2, -0.15) is 0 Å². The smallest absolute Gasteiger partial charge is 0.239 e. The van der Waals surface area contributed by atoms with Crippen molar-refractivity contribution in [1.82, 2.24) is 4.90 Å². The van der Waals surface area contributed by atoms with Crippen molar-refractivity contribution < 1.29 is 9.53 Å². The molecule has 0 spiro atoms. The van der Waals surface area contributed by atoms with Crippen LogP contribution in [0.4, 0.5) is 0 Å². The van der Waals surface area contributed by atoms with Gasteiger partial charge in [0.05, 0.1) is 19.3 Å². The number of nitrogens with zero attached hydrogens (tertiary/aromatic N) is 1. The van der Waals surface area contributed by atoms with E-state index in [1.54, 1.807) is 4.90 Å². The molecule has 5 heteroatoms. The van der Waals surface area contributed by atoms with Gasteiger partial charge in [0.1, 0.15) is 0 Å². The maximum atomic E-state index is 11.8. The molecule has 0 aromatic carbocycles. The molecule has 15 heavy (non-hydrogen) atoms. The molecule has 1 heterocycles. The zero-order valence-electron chi connectivity index (χ0n) is 9.44. The molecule has 1 rings (SSSR count). The van der Waals surface area contributed by atoms with Crippen LogP contribution in [0.3, 0.4) is 0 Å². The Morgan fingerprint density at radius 1 is 1.40 bits per heavy atom. The lowest BCUT2D eigenvalue weighted by Gasteiger charge is -2.29. The van der Waals surface area contributed by atoms with E-state index < -0.39 is 0 Å². The molecule has 1 aliphatic rings. The molecule has 1 saturated heterocycles. The number of morpholine rings is 1. The zero-order chi connectivity index (χ0) is 10.6. The summed E-state index contributed by atoms with van der Waals surface area (Å²) in [6.45, 7) is 6.80. The van der Waals surface area contributed by atoms with Crippen LogP contribution in [0.2, 0.25) is 0 Å². The maximum absolute atomic E-state index is 11.8. The van der Waals surface area contributed by atoms with E-state index >= 15 is 0 Å². The quantitative estimate of drug-likeness (QED) is 0.783. The van der Waals surface area contributed by atoms with Gasteiger partial charge in [-0.25, -0.2) is 0 Å². The molecular formula is C10H21ClN2O2. The van der Waals surface area contributed by atoms with Crippen LogP contribution in [0, 0.1) is 5.92 Å². The van der Waals surface area contributed by atoms with Crippen LogP contribution in [-0.2, 0) is 9.53 Å². The minimum atomic E-state index is -0.340. The first-order valence-electron chi connectivity index (χ1n) is 5.23. The molecule has 0 aromatic rings. The molecule has 0 bridgehead atoms. The van der Waals surface area contributed by atoms with E-state index in [0.717, 1.165) is 6.42 Å². The van der Waals surface area contributed by atoms with Gasteiger partial charge in [0, 0.05) is 13.1 Å². The van der Waals surface area contributed by atoms with Crippen molar-refractivity contribution in [1.29, 1.82) is 0 Å². The lowest BCUT2D eigenvalue weighted by molar-refractivity contribution is -0.137. The highest BCUT2D eigenvalue weighted by Gasteiger charge is 2.23. The largest absolute Gasteiger partial charge is 0.378 e. The summed E-state index contributed by atoms with van der Waals surface area (Å²) in [5.74, 6) is 0.539. The third-order valence-electron chi connectivity index (χ3n) is 2.37. The summed E-state index contributed by atoms with van der Waals surface area (Å²) in [7, 11) is 0. The minimum absolute atomic E-state index is 0. The molecule has 4 nitrogen and oxygen atoms in total. The van der Waals surface area contributed by atoms with Gasteiger partial charge < -0.3 is 15.4 Å². The number of halogens is 1. The van der Waals surface area contributed by atoms with E-state index in [1.807, 2.05) is 0 Å². The van der Waals surface area contributed by atoms with E-state index in [9.17, 15) is 4.79 Å². The van der Waals surface area contributed by atoms with Crippen molar-refractivity contribution in [2.24, 2.45) is 11.7 Å². The second-order valence-corrected chi connectivity index (χ2v) is 4.17. The molecule has 0 aliphatic carbocycles. The Labute approximate surface area is 97.5 Å². The van der Waals surface area contributed by atoms with E-state index in [2.05, 4.69) is 13.8 Å². The number of hydrogen-bond acceptors (Lipinski definition) is 3. The number of carbonyl (C=O) groups excluding carboxylic acids is 1. The van der Waals surface area contributed by atoms with Crippen molar-refractivity contribution in [2.75, 3.05) is 26.3 Å². The normalized spacial score (nSPS) is 18.5. The lowest BCUT2D eigenvalue weighted by Crippen LogP contribution is -2.48. The molecular weight excluding hydrogens is 216 g/mol. The summed E-state index contributed by atoms with van der Waals surface area (Å²) in [4.78, 5) is 13.6. The second kappa shape index (κ2) is 7.04. The summed E-state index contributed by atoms with van der Waals surface area (Å²) in [5, 5.41) is 0. The summed E-state index contributed by atoms with van der Waals surface area (Å²) in [5.41, 5.74) is 5.82. The molecule has 0 unspecified atom stereocenters. The Morgan fingerprint density at radius 3 is 2.40 bits per heavy atom. The first kappa shape index (κ1) is 14.7. The van der Waals surface area contributed by atoms with Crippen LogP contribution in [0.5, 0.6) is 0 Å². The van der Waals surface area contributed by atoms with Crippen molar-refractivity contribution in [3.05, 3.63) is 0 Å². The molecule has 1 atom stereocenters. The summed E-state index contributed by atoms with van der Waals surface area (Å²) < 4.78 is 5.18. The van der Waals surface area contributed by atoms with Gasteiger partial charge in [-0.1, -0.05) is 13.8 Å². The van der Waals surface area contributed by atoms with E-state index in [-0.39, 0.29) is 24.4 Å². The lowest BCUT2D eigenvalue weighted by atomic mass is 10.0. The van der Waals surface area contributed by atoms with Gasteiger partial charge in [0.25, 0.3) is 0 Å². The van der Waals surface area contributed by atoms with Crippen LogP contribution in [-0.4, -0.2) is 43.2 Å². The average molecular weight is 237 g/mol. The first-order valence-corrected chi connectivity index (χ1v) is 5.23. The Hall–Kier alpha value is -0.320. The van der Waals surface area contributed by atoms with E-state index in [0.29, 0.717) is 32.2 Å². The number of nitrogens with two attached hydrogens (primary N) is 1. The molecule has 0 aromatic heterocycles. The monoisotopic (exact) mass is 236 g/mol. The summed E-state index contributed by atoms with van der Waals surface area (Å²) >= 11 is 0. The average Bonchev–Trinajstić information content (AvgIpc) is 2.17. The molecule has 90 valence electrons. The van der Waals surface area contributed by atoms with Crippen molar-refractivity contribution >= 4 is 18.3 Å². The van der Waals surface area contributed by atoms with Gasteiger partial charge in [0.15, 0.2) is 0 Å². The summed E-state index contributed by atoms with van der Waals surface area (Å²) in [6, 6.07) is -0.340. The fraction of sp³-hybridized carbons (Fsp3) is 0.900. The fourth-order valence-corrected chi connectivity index (χ4v) is 1.63. The number of rotatable bonds is 3. The highest BCUT2D eigenvalue weighted by Crippen LogP contribution is 2.07. The topological polar surface area (TPSA) is 55.6 Å². The fourth-order valence-electron chi connectivity index (χ4n) is 1.63. The molecule has 2 N–H and O–H groups in total. The predicted molar refractivity (Wildman–Crippen MR) is 62.1 cm³/mol. The van der Waals surface area contributed by atoms with E-state index in [4.69, 9.17) is 10.5 Å². The second-order valence-electron chi connectivity index (χ2n) is 4.17. The highest BCUT2D eigenvalue weighted by molar-refractivity contribution is 5.85. The number of amides is 1. The predicted octanol–water partition coefficient (Wildman–Crippen LogP) is 0.640. The highest BCUT2D eigenvalue weighted by atomic mass is 35.5. The molecule has 1 aliphatic heterocycles. The van der Waals surface area contributed by atoms with E-state index in [1.165, 1.54) is 0 Å². The Bertz CT molecular complexity index is 194. The SMILES string of the molecule is CC(C)C[C@H](N)C(=O)N1CCOCC1.Cl. The number of hydrogen-bond donors (Lipinski definition) is 1. The van der Waals surface area contributed by atoms with Crippen molar-refractivity contribution in [3.8, 4) is 0 Å². The molecule has 1 amide bonds. The summed E-state index contributed by atoms with van der Waals surface area (Å²) in [6.07, 6.45) is 0.760. The van der Waals surface area contributed by atoms with Gasteiger partial charge in [-0.05, 0) is 12.3 Å². The number of ether oxygens (including phenoxy) is 1. The standard InChI is InChI=1S/C10H20N2O2.ClH/c1-8(2)7-9(11)10(13)12-3-5-14-6-4-12;/h8-9H,3-7,11H2,1-2H3;1H/t9-;/m0./s1. The minimum Gasteiger partial charge on any atom is -0.378 e. The van der Waals surface area contributed by atoms with Gasteiger partial charge in [-0.3, -0.25) is 4.79 Å². The molecule has 1 fully saturated rings. The maximum Gasteiger partial charge on any atom is 0.239 e. The first-order chi connectivity index (χ1) is 6.61. The van der Waals surface area contributed by atoms with Crippen LogP contribution < -0.4 is 5.73 Å². The van der Waals surface area contributed by atoms with Crippen LogP contribution >= 0.6 is 12.4 Å².